The number of aromatic nitrogens is 3. The Balaban J connectivity index is 0.000000721. The average Bonchev–Trinajstić information content (AvgIpc) is 3.46. The number of nitrogens with zero attached hydrogens (tertiary/aromatic N) is 4. The van der Waals surface area contributed by atoms with Crippen molar-refractivity contribution in [1.82, 2.24) is 18.9 Å². The summed E-state index contributed by atoms with van der Waals surface area (Å²) in [6, 6.07) is 6.01. The maximum atomic E-state index is 13.1. The number of hydrogen-bond acceptors (Lipinski definition) is 9. The number of halogens is 8. The normalized spacial score (nSPS) is 13.1. The number of carbonyl (C=O) groups is 3. The number of rotatable bonds is 5. The summed E-state index contributed by atoms with van der Waals surface area (Å²) in [5, 5.41) is 0.394. The van der Waals surface area contributed by atoms with E-state index in [1.54, 1.807) is 19.1 Å². The first-order valence-electron chi connectivity index (χ1n) is 14.1. The number of ketones is 1. The number of pyridine rings is 2. The number of Topliss-reactive ketones (excluding diaryl/α,β-unsaturated/α-hetero) is 1. The second-order valence-corrected chi connectivity index (χ2v) is 13.8. The zero-order valence-corrected chi connectivity index (χ0v) is 32.6. The Morgan fingerprint density at radius 2 is 1.34 bits per heavy atom. The van der Waals surface area contributed by atoms with E-state index in [4.69, 9.17) is 5.73 Å². The maximum Gasteiger partial charge on any atom is 0.399 e. The Bertz CT molecular complexity index is 1630. The van der Waals surface area contributed by atoms with E-state index >= 15 is 0 Å². The third kappa shape index (κ3) is 13.5. The highest BCUT2D eigenvalue weighted by Gasteiger charge is 2.50. The van der Waals surface area contributed by atoms with Crippen molar-refractivity contribution in [3.63, 3.8) is 0 Å². The van der Waals surface area contributed by atoms with Crippen molar-refractivity contribution >= 4 is 84.5 Å². The summed E-state index contributed by atoms with van der Waals surface area (Å²) in [7, 11) is 0. The Kier molecular flexibility index (Phi) is 17.6. The van der Waals surface area contributed by atoms with Gasteiger partial charge in [0.25, 0.3) is 0 Å². The van der Waals surface area contributed by atoms with Gasteiger partial charge in [0.05, 0.1) is 38.1 Å². The van der Waals surface area contributed by atoms with Crippen LogP contribution in [0.15, 0.2) is 36.7 Å². The lowest BCUT2D eigenvalue weighted by Crippen LogP contribution is -2.37. The van der Waals surface area contributed by atoms with E-state index in [1.165, 1.54) is 42.8 Å². The second-order valence-electron chi connectivity index (χ2n) is 11.5. The van der Waals surface area contributed by atoms with E-state index in [1.807, 2.05) is 0 Å². The zero-order valence-electron chi connectivity index (χ0n) is 27.7. The van der Waals surface area contributed by atoms with Gasteiger partial charge >= 0.3 is 12.4 Å². The SMILES string of the molecule is Br.CC(=O)Cc1ccnc(C(C)(C)C(F)(F)F)c1.Cc1nc(N)sc1-c1ccnc(C(C)(C)C(F)(F)F)c1.NC(N)=S.O=C1CCC(=O)N1Br. The number of amides is 2. The standard InChI is InChI=1S/C13H14F3N3S.C12H14F3NO.C4H4BrNO2.CH4N2S.BrH/c1-7-10(20-11(17)19-7)8-4-5-18-9(6-8)12(2,3)13(14,15)16;1-8(17)6-9-4-5-16-10(7-9)11(2,3)12(13,14)15;5-6-3(7)1-2-4(6)8;2-1(3)4;/h4-6H,1-3H3,(H2,17,19);4-5,7H,6H2,1-3H3;1-2H2;(H4,2,3,4);1H. The van der Waals surface area contributed by atoms with Crippen LogP contribution in [-0.2, 0) is 31.6 Å². The summed E-state index contributed by atoms with van der Waals surface area (Å²) >= 11 is 8.15. The molecule has 10 nitrogen and oxygen atoms in total. The molecule has 0 atom stereocenters. The molecule has 278 valence electrons. The molecule has 0 radical (unpaired) electrons. The van der Waals surface area contributed by atoms with Gasteiger partial charge in [0.15, 0.2) is 10.2 Å². The molecule has 0 aliphatic carbocycles. The zero-order chi connectivity index (χ0) is 38.1. The Labute approximate surface area is 313 Å². The van der Waals surface area contributed by atoms with Crippen LogP contribution in [0.4, 0.5) is 31.5 Å². The molecule has 1 aliphatic heterocycles. The summed E-state index contributed by atoms with van der Waals surface area (Å²) in [6.07, 6.45) is -5.21. The van der Waals surface area contributed by atoms with Crippen LogP contribution in [0.3, 0.4) is 0 Å². The third-order valence-electron chi connectivity index (χ3n) is 6.80. The van der Waals surface area contributed by atoms with Gasteiger partial charge < -0.3 is 17.2 Å². The smallest absolute Gasteiger partial charge is 0.377 e. The lowest BCUT2D eigenvalue weighted by atomic mass is 9.87. The van der Waals surface area contributed by atoms with Gasteiger partial charge in [0, 0.05) is 31.7 Å². The minimum atomic E-state index is -4.37. The number of anilines is 1. The molecule has 0 aromatic carbocycles. The summed E-state index contributed by atoms with van der Waals surface area (Å²) < 4.78 is 78.6. The molecule has 50 heavy (non-hydrogen) atoms. The van der Waals surface area contributed by atoms with Gasteiger partial charge in [0.1, 0.15) is 16.6 Å². The molecular weight excluding hydrogens is 844 g/mol. The number of nitrogens with two attached hydrogens (primary N) is 3. The first-order chi connectivity index (χ1) is 22.2. The molecule has 0 bridgehead atoms. The number of carbonyl (C=O) groups excluding carboxylic acids is 3. The highest BCUT2D eigenvalue weighted by molar-refractivity contribution is 9.08. The van der Waals surface area contributed by atoms with Crippen LogP contribution in [0.25, 0.3) is 10.4 Å². The van der Waals surface area contributed by atoms with Gasteiger partial charge in [-0.25, -0.2) is 8.91 Å². The molecule has 4 heterocycles. The average molecular weight is 882 g/mol. The van der Waals surface area contributed by atoms with Gasteiger partial charge in [-0.05, 0) is 89.2 Å². The highest BCUT2D eigenvalue weighted by Crippen LogP contribution is 2.41. The van der Waals surface area contributed by atoms with Crippen LogP contribution in [0.5, 0.6) is 0 Å². The number of aryl methyl sites for hydroxylation is 1. The van der Waals surface area contributed by atoms with Crippen LogP contribution < -0.4 is 17.2 Å². The lowest BCUT2D eigenvalue weighted by Gasteiger charge is -2.27. The number of nitrogen functional groups attached to an aromatic ring is 1. The third-order valence-corrected chi connectivity index (χ3v) is 8.63. The molecule has 20 heteroatoms. The van der Waals surface area contributed by atoms with Crippen molar-refractivity contribution in [1.29, 1.82) is 0 Å². The summed E-state index contributed by atoms with van der Waals surface area (Å²) in [5.74, 6) is -0.378. The van der Waals surface area contributed by atoms with Gasteiger partial charge in [-0.15, -0.1) is 17.0 Å². The number of thiocarbonyl (C=S) groups is 1. The molecule has 3 aromatic heterocycles. The fourth-order valence-electron chi connectivity index (χ4n) is 3.65. The first-order valence-corrected chi connectivity index (χ1v) is 16.0. The summed E-state index contributed by atoms with van der Waals surface area (Å²) in [5.41, 5.74) is 12.7. The predicted octanol–water partition coefficient (Wildman–Crippen LogP) is 7.20. The molecule has 6 N–H and O–H groups in total. The van der Waals surface area contributed by atoms with Crippen LogP contribution in [-0.4, -0.2) is 53.9 Å². The fraction of sp³-hybridized carbons (Fsp3) is 0.433. The van der Waals surface area contributed by atoms with Gasteiger partial charge in [-0.1, -0.05) is 11.3 Å². The topological polar surface area (TPSA) is 171 Å². The van der Waals surface area contributed by atoms with Gasteiger partial charge in [0.2, 0.25) is 11.8 Å². The van der Waals surface area contributed by atoms with E-state index < -0.39 is 23.2 Å². The number of imide groups is 1. The molecule has 1 aliphatic rings. The molecule has 1 fully saturated rings. The molecule has 4 rings (SSSR count). The Morgan fingerprint density at radius 1 is 0.920 bits per heavy atom. The Hall–Kier alpha value is -3.23. The summed E-state index contributed by atoms with van der Waals surface area (Å²) in [6.45, 7) is 7.56. The van der Waals surface area contributed by atoms with E-state index in [9.17, 15) is 40.7 Å². The van der Waals surface area contributed by atoms with Crippen molar-refractivity contribution in [2.75, 3.05) is 5.73 Å². The quantitative estimate of drug-likeness (QED) is 0.103. The van der Waals surface area contributed by atoms with E-state index in [0.717, 1.165) is 36.5 Å². The van der Waals surface area contributed by atoms with Crippen LogP contribution >= 0.6 is 56.7 Å². The number of hydrogen-bond donors (Lipinski definition) is 3. The van der Waals surface area contributed by atoms with Crippen molar-refractivity contribution in [2.45, 2.75) is 84.0 Å². The van der Waals surface area contributed by atoms with Crippen LogP contribution in [0.1, 0.15) is 70.1 Å². The second kappa shape index (κ2) is 18.8. The first kappa shape index (κ1) is 46.8. The van der Waals surface area contributed by atoms with Crippen LogP contribution in [0, 0.1) is 6.92 Å². The molecule has 0 saturated carbocycles. The molecule has 3 aromatic rings. The number of thiazole rings is 1. The van der Waals surface area contributed by atoms with Crippen molar-refractivity contribution in [2.24, 2.45) is 11.5 Å². The fourth-order valence-corrected chi connectivity index (χ4v) is 4.84. The van der Waals surface area contributed by atoms with E-state index in [-0.39, 0.29) is 57.5 Å². The lowest BCUT2D eigenvalue weighted by molar-refractivity contribution is -0.181. The van der Waals surface area contributed by atoms with Crippen molar-refractivity contribution < 1.29 is 40.7 Å². The minimum absolute atomic E-state index is 0. The van der Waals surface area contributed by atoms with Crippen molar-refractivity contribution in [3.05, 3.63) is 59.3 Å². The van der Waals surface area contributed by atoms with Gasteiger partial charge in [-0.3, -0.25) is 24.4 Å². The number of alkyl halides is 6. The minimum Gasteiger partial charge on any atom is -0.377 e. The van der Waals surface area contributed by atoms with Crippen LogP contribution in [0.2, 0.25) is 0 Å². The highest BCUT2D eigenvalue weighted by atomic mass is 79.9. The van der Waals surface area contributed by atoms with E-state index in [0.29, 0.717) is 34.8 Å². The maximum absolute atomic E-state index is 13.1. The van der Waals surface area contributed by atoms with E-state index in [2.05, 4.69) is 54.8 Å². The van der Waals surface area contributed by atoms with Gasteiger partial charge in [-0.2, -0.15) is 26.3 Å². The molecule has 0 spiro atoms. The summed E-state index contributed by atoms with van der Waals surface area (Å²) in [4.78, 5) is 44.3. The molecule has 1 saturated heterocycles. The molecular formula is C30H37Br2F6N7O3S2. The predicted molar refractivity (Wildman–Crippen MR) is 193 cm³/mol. The molecule has 2 amide bonds. The van der Waals surface area contributed by atoms with Crippen molar-refractivity contribution in [3.8, 4) is 10.4 Å². The molecule has 0 unspecified atom stereocenters. The Morgan fingerprint density at radius 3 is 1.68 bits per heavy atom. The monoisotopic (exact) mass is 879 g/mol. The largest absolute Gasteiger partial charge is 0.399 e.